The Morgan fingerprint density at radius 1 is 1.53 bits per heavy atom. The number of hydrogen-bond acceptors (Lipinski definition) is 2. The van der Waals surface area contributed by atoms with E-state index in [0.717, 1.165) is 0 Å². The van der Waals surface area contributed by atoms with Crippen LogP contribution in [-0.4, -0.2) is 30.0 Å². The summed E-state index contributed by atoms with van der Waals surface area (Å²) in [5, 5.41) is 3.04. The topological polar surface area (TPSA) is 38.3 Å². The average Bonchev–Trinajstić information content (AvgIpc) is 2.44. The number of amides is 1. The minimum Gasteiger partial charge on any atom is -0.379 e. The van der Waals surface area contributed by atoms with Crippen molar-refractivity contribution in [3.05, 3.63) is 0 Å². The summed E-state index contributed by atoms with van der Waals surface area (Å²) < 4.78 is 5.38. The predicted molar refractivity (Wildman–Crippen MR) is 64.1 cm³/mol. The van der Waals surface area contributed by atoms with Crippen molar-refractivity contribution in [2.45, 2.75) is 38.6 Å². The second kappa shape index (κ2) is 4.83. The second-order valence-corrected chi connectivity index (χ2v) is 6.20. The maximum atomic E-state index is 11.8. The first-order valence-electron chi connectivity index (χ1n) is 5.37. The summed E-state index contributed by atoms with van der Waals surface area (Å²) in [5.41, 5.74) is 0.0410. The molecule has 0 saturated carbocycles. The van der Waals surface area contributed by atoms with E-state index >= 15 is 0 Å². The molecule has 15 heavy (non-hydrogen) atoms. The zero-order valence-corrected chi connectivity index (χ0v) is 11.4. The lowest BCUT2D eigenvalue weighted by molar-refractivity contribution is -0.122. The van der Waals surface area contributed by atoms with Gasteiger partial charge in [-0.3, -0.25) is 4.79 Å². The molecule has 4 heteroatoms. The lowest BCUT2D eigenvalue weighted by Crippen LogP contribution is -2.47. The molecular formula is C11H20BrNO2. The molecule has 0 radical (unpaired) electrons. The highest BCUT2D eigenvalue weighted by Crippen LogP contribution is 2.27. The van der Waals surface area contributed by atoms with Crippen molar-refractivity contribution in [3.63, 3.8) is 0 Å². The number of carbonyl (C=O) groups is 1. The molecule has 1 heterocycles. The first kappa shape index (κ1) is 13.0. The van der Waals surface area contributed by atoms with Gasteiger partial charge in [0.15, 0.2) is 0 Å². The molecule has 0 bridgehead atoms. The molecule has 2 atom stereocenters. The minimum absolute atomic E-state index is 0.0410. The first-order chi connectivity index (χ1) is 6.84. The molecule has 3 nitrogen and oxygen atoms in total. The molecule has 0 aromatic rings. The van der Waals surface area contributed by atoms with Crippen LogP contribution in [0, 0.1) is 11.3 Å². The van der Waals surface area contributed by atoms with Crippen LogP contribution in [0.3, 0.4) is 0 Å². The number of hydrogen-bond donors (Lipinski definition) is 1. The number of halogens is 1. The molecule has 1 saturated heterocycles. The fourth-order valence-corrected chi connectivity index (χ4v) is 1.69. The summed E-state index contributed by atoms with van der Waals surface area (Å²) in [4.78, 5) is 11.7. The highest BCUT2D eigenvalue weighted by Gasteiger charge is 2.37. The molecule has 2 unspecified atom stereocenters. The van der Waals surface area contributed by atoms with Crippen LogP contribution >= 0.6 is 15.9 Å². The third-order valence-corrected chi connectivity index (χ3v) is 4.33. The van der Waals surface area contributed by atoms with Gasteiger partial charge in [-0.15, -0.1) is 0 Å². The lowest BCUT2D eigenvalue weighted by atomic mass is 9.88. The van der Waals surface area contributed by atoms with Gasteiger partial charge >= 0.3 is 0 Å². The van der Waals surface area contributed by atoms with Crippen molar-refractivity contribution in [2.75, 3.05) is 13.2 Å². The molecule has 1 N–H and O–H groups in total. The minimum atomic E-state index is -0.117. The van der Waals surface area contributed by atoms with E-state index in [1.807, 2.05) is 13.8 Å². The zero-order valence-electron chi connectivity index (χ0n) is 9.84. The summed E-state index contributed by atoms with van der Waals surface area (Å²) in [5.74, 6) is 0.365. The fraction of sp³-hybridized carbons (Fsp3) is 0.909. The fourth-order valence-electron chi connectivity index (χ4n) is 1.56. The number of ether oxygens (including phenoxy) is 1. The number of rotatable bonds is 3. The van der Waals surface area contributed by atoms with Crippen molar-refractivity contribution in [3.8, 4) is 0 Å². The van der Waals surface area contributed by atoms with Crippen LogP contribution in [0.5, 0.6) is 0 Å². The van der Waals surface area contributed by atoms with Crippen LogP contribution < -0.4 is 5.32 Å². The Hall–Kier alpha value is -0.0900. The van der Waals surface area contributed by atoms with Gasteiger partial charge in [-0.05, 0) is 5.92 Å². The van der Waals surface area contributed by atoms with E-state index in [9.17, 15) is 4.79 Å². The molecule has 88 valence electrons. The van der Waals surface area contributed by atoms with E-state index in [1.54, 1.807) is 0 Å². The summed E-state index contributed by atoms with van der Waals surface area (Å²) >= 11 is 3.40. The Morgan fingerprint density at radius 3 is 2.53 bits per heavy atom. The Kier molecular flexibility index (Phi) is 4.18. The maximum absolute atomic E-state index is 11.8. The van der Waals surface area contributed by atoms with Crippen molar-refractivity contribution >= 4 is 21.8 Å². The molecular weight excluding hydrogens is 258 g/mol. The molecule has 1 aliphatic heterocycles. The Morgan fingerprint density at radius 2 is 2.13 bits per heavy atom. The average molecular weight is 278 g/mol. The highest BCUT2D eigenvalue weighted by atomic mass is 79.9. The van der Waals surface area contributed by atoms with Gasteiger partial charge in [-0.25, -0.2) is 0 Å². The monoisotopic (exact) mass is 277 g/mol. The third-order valence-electron chi connectivity index (χ3n) is 2.85. The largest absolute Gasteiger partial charge is 0.379 e. The van der Waals surface area contributed by atoms with Crippen molar-refractivity contribution in [1.82, 2.24) is 5.32 Å². The lowest BCUT2D eigenvalue weighted by Gasteiger charge is -2.27. The number of alkyl halides is 1. The summed E-state index contributed by atoms with van der Waals surface area (Å²) in [6.07, 6.45) is 0. The van der Waals surface area contributed by atoms with Crippen LogP contribution in [0.1, 0.15) is 27.7 Å². The van der Waals surface area contributed by atoms with Crippen molar-refractivity contribution in [1.29, 1.82) is 0 Å². The van der Waals surface area contributed by atoms with E-state index in [0.29, 0.717) is 19.1 Å². The molecule has 1 fully saturated rings. The van der Waals surface area contributed by atoms with Crippen LogP contribution in [0.25, 0.3) is 0 Å². The van der Waals surface area contributed by atoms with Gasteiger partial charge in [0.25, 0.3) is 0 Å². The van der Waals surface area contributed by atoms with E-state index < -0.39 is 0 Å². The van der Waals surface area contributed by atoms with E-state index in [2.05, 4.69) is 35.1 Å². The maximum Gasteiger partial charge on any atom is 0.234 e. The van der Waals surface area contributed by atoms with Gasteiger partial charge in [-0.1, -0.05) is 43.6 Å². The van der Waals surface area contributed by atoms with E-state index in [1.165, 1.54) is 0 Å². The van der Waals surface area contributed by atoms with Crippen LogP contribution in [0.4, 0.5) is 0 Å². The van der Waals surface area contributed by atoms with Gasteiger partial charge in [0.2, 0.25) is 5.91 Å². The van der Waals surface area contributed by atoms with Gasteiger partial charge in [0, 0.05) is 5.41 Å². The summed E-state index contributed by atoms with van der Waals surface area (Å²) in [6.45, 7) is 9.61. The van der Waals surface area contributed by atoms with Crippen molar-refractivity contribution < 1.29 is 9.53 Å². The van der Waals surface area contributed by atoms with Gasteiger partial charge < -0.3 is 10.1 Å². The summed E-state index contributed by atoms with van der Waals surface area (Å²) in [6, 6.07) is 0.129. The normalized spacial score (nSPS) is 26.7. The molecule has 0 spiro atoms. The first-order valence-corrected chi connectivity index (χ1v) is 6.28. The molecule has 1 amide bonds. The SMILES string of the molecule is CC(C)C(Br)C(=O)NC1COCC1(C)C. The summed E-state index contributed by atoms with van der Waals surface area (Å²) in [7, 11) is 0. The van der Waals surface area contributed by atoms with Crippen LogP contribution in [0.15, 0.2) is 0 Å². The Balaban J connectivity index is 2.51. The third kappa shape index (κ3) is 3.18. The number of nitrogens with one attached hydrogen (secondary N) is 1. The number of carbonyl (C=O) groups excluding carboxylic acids is 1. The quantitative estimate of drug-likeness (QED) is 0.801. The van der Waals surface area contributed by atoms with Crippen LogP contribution in [-0.2, 0) is 9.53 Å². The molecule has 1 aliphatic rings. The van der Waals surface area contributed by atoms with Crippen molar-refractivity contribution in [2.24, 2.45) is 11.3 Å². The molecule has 0 aliphatic carbocycles. The zero-order chi connectivity index (χ0) is 11.6. The van der Waals surface area contributed by atoms with Crippen LogP contribution in [0.2, 0.25) is 0 Å². The standard InChI is InChI=1S/C11H20BrNO2/c1-7(2)9(12)10(14)13-8-5-15-6-11(8,3)4/h7-9H,5-6H2,1-4H3,(H,13,14). The Labute approximate surface area is 100 Å². The van der Waals surface area contributed by atoms with Gasteiger partial charge in [0.05, 0.1) is 24.1 Å². The predicted octanol–water partition coefficient (Wildman–Crippen LogP) is 1.95. The molecule has 0 aromatic heterocycles. The second-order valence-electron chi connectivity index (χ2n) is 5.21. The van der Waals surface area contributed by atoms with Gasteiger partial charge in [-0.2, -0.15) is 0 Å². The molecule has 1 rings (SSSR count). The van der Waals surface area contributed by atoms with E-state index in [4.69, 9.17) is 4.74 Å². The Bertz CT molecular complexity index is 241. The smallest absolute Gasteiger partial charge is 0.234 e. The highest BCUT2D eigenvalue weighted by molar-refractivity contribution is 9.10. The van der Waals surface area contributed by atoms with Gasteiger partial charge in [0.1, 0.15) is 0 Å². The molecule has 0 aromatic carbocycles. The van der Waals surface area contributed by atoms with E-state index in [-0.39, 0.29) is 22.2 Å².